The van der Waals surface area contributed by atoms with Crippen molar-refractivity contribution in [3.63, 3.8) is 0 Å². The van der Waals surface area contributed by atoms with E-state index >= 15 is 0 Å². The van der Waals surface area contributed by atoms with Crippen LogP contribution in [0.25, 0.3) is 6.08 Å². The Kier molecular flexibility index (Phi) is 6.58. The van der Waals surface area contributed by atoms with E-state index in [2.05, 4.69) is 20.9 Å². The molecule has 4 rings (SSSR count). The summed E-state index contributed by atoms with van der Waals surface area (Å²) in [6.07, 6.45) is 1.58. The Balaban J connectivity index is 1.59. The van der Waals surface area contributed by atoms with Gasteiger partial charge in [0.05, 0.1) is 11.6 Å². The smallest absolute Gasteiger partial charge is 0.363 e. The van der Waals surface area contributed by atoms with E-state index in [1.165, 1.54) is 13.2 Å². The van der Waals surface area contributed by atoms with Crippen LogP contribution in [0, 0.1) is 5.82 Å². The summed E-state index contributed by atoms with van der Waals surface area (Å²) >= 11 is 9.36. The lowest BCUT2D eigenvalue weighted by Gasteiger charge is -2.14. The monoisotopic (exact) mass is 515 g/mol. The number of carbonyl (C=O) groups is 1. The zero-order valence-corrected chi connectivity index (χ0v) is 19.1. The molecule has 0 bridgehead atoms. The molecule has 5 nitrogen and oxygen atoms in total. The number of cyclic esters (lactones) is 1. The maximum Gasteiger partial charge on any atom is 0.363 e. The van der Waals surface area contributed by atoms with E-state index in [0.29, 0.717) is 37.7 Å². The Labute approximate surface area is 197 Å². The molecule has 0 aromatic heterocycles. The molecule has 1 aliphatic heterocycles. The molecular formula is C24H16BrClFNO4. The van der Waals surface area contributed by atoms with Crippen molar-refractivity contribution in [2.75, 3.05) is 7.11 Å². The van der Waals surface area contributed by atoms with E-state index in [1.807, 2.05) is 0 Å². The van der Waals surface area contributed by atoms with Gasteiger partial charge in [-0.2, -0.15) is 0 Å². The summed E-state index contributed by atoms with van der Waals surface area (Å²) in [4.78, 5) is 16.6. The number of ether oxygens (including phenoxy) is 3. The maximum absolute atomic E-state index is 13.9. The molecule has 3 aromatic rings. The second-order valence-corrected chi connectivity index (χ2v) is 8.05. The molecule has 1 aliphatic rings. The van der Waals surface area contributed by atoms with Crippen LogP contribution in [0.2, 0.25) is 5.02 Å². The molecule has 0 saturated carbocycles. The number of nitrogens with zero attached hydrogens (tertiary/aromatic N) is 1. The van der Waals surface area contributed by atoms with Crippen LogP contribution in [0.5, 0.6) is 11.5 Å². The van der Waals surface area contributed by atoms with E-state index < -0.39 is 5.97 Å². The van der Waals surface area contributed by atoms with E-state index in [-0.39, 0.29) is 24.0 Å². The van der Waals surface area contributed by atoms with Crippen molar-refractivity contribution in [1.82, 2.24) is 0 Å². The molecule has 0 radical (unpaired) electrons. The summed E-state index contributed by atoms with van der Waals surface area (Å²) in [5, 5.41) is 0.573. The van der Waals surface area contributed by atoms with E-state index in [4.69, 9.17) is 25.8 Å². The van der Waals surface area contributed by atoms with Gasteiger partial charge < -0.3 is 14.2 Å². The molecule has 0 spiro atoms. The molecule has 0 unspecified atom stereocenters. The van der Waals surface area contributed by atoms with Crippen LogP contribution in [0.4, 0.5) is 4.39 Å². The summed E-state index contributed by atoms with van der Waals surface area (Å²) in [5.74, 6) is 0.116. The second-order valence-electron chi connectivity index (χ2n) is 6.76. The zero-order valence-electron chi connectivity index (χ0n) is 16.8. The fourth-order valence-electron chi connectivity index (χ4n) is 3.01. The molecule has 0 N–H and O–H groups in total. The van der Waals surface area contributed by atoms with Crippen molar-refractivity contribution >= 4 is 45.5 Å². The standard InChI is InChI=1S/C24H16BrClFNO4/c1-30-21-12-14(10-18(25)22(21)31-13-16-4-2-3-5-19(16)27)11-20-24(29)32-23(28-20)15-6-8-17(26)9-7-15/h2-12H,13H2,1H3/b20-11+. The topological polar surface area (TPSA) is 57.1 Å². The van der Waals surface area contributed by atoms with Crippen molar-refractivity contribution in [3.8, 4) is 11.5 Å². The Bertz CT molecular complexity index is 1240. The first kappa shape index (κ1) is 22.0. The predicted octanol–water partition coefficient (Wildman–Crippen LogP) is 6.17. The fourth-order valence-corrected chi connectivity index (χ4v) is 3.71. The predicted molar refractivity (Wildman–Crippen MR) is 123 cm³/mol. The minimum absolute atomic E-state index is 0.0309. The third kappa shape index (κ3) is 4.84. The third-order valence-electron chi connectivity index (χ3n) is 4.60. The molecule has 32 heavy (non-hydrogen) atoms. The first-order valence-corrected chi connectivity index (χ1v) is 10.6. The van der Waals surface area contributed by atoms with Gasteiger partial charge in [-0.1, -0.05) is 29.8 Å². The minimum Gasteiger partial charge on any atom is -0.493 e. The number of methoxy groups -OCH3 is 1. The first-order valence-electron chi connectivity index (χ1n) is 9.47. The van der Waals surface area contributed by atoms with Gasteiger partial charge in [0, 0.05) is 16.1 Å². The van der Waals surface area contributed by atoms with Crippen LogP contribution in [0.3, 0.4) is 0 Å². The largest absolute Gasteiger partial charge is 0.493 e. The molecule has 0 fully saturated rings. The maximum atomic E-state index is 13.9. The van der Waals surface area contributed by atoms with Crippen LogP contribution >= 0.6 is 27.5 Å². The highest BCUT2D eigenvalue weighted by Crippen LogP contribution is 2.38. The Morgan fingerprint density at radius 1 is 1.16 bits per heavy atom. The van der Waals surface area contributed by atoms with Crippen LogP contribution in [0.1, 0.15) is 16.7 Å². The van der Waals surface area contributed by atoms with Gasteiger partial charge in [-0.3, -0.25) is 0 Å². The summed E-state index contributed by atoms with van der Waals surface area (Å²) in [7, 11) is 1.50. The van der Waals surface area contributed by atoms with Crippen molar-refractivity contribution in [3.05, 3.63) is 98.4 Å². The van der Waals surface area contributed by atoms with Gasteiger partial charge in [-0.15, -0.1) is 0 Å². The number of hydrogen-bond donors (Lipinski definition) is 0. The zero-order chi connectivity index (χ0) is 22.7. The van der Waals surface area contributed by atoms with Gasteiger partial charge in [0.2, 0.25) is 5.90 Å². The first-order chi connectivity index (χ1) is 15.4. The fraction of sp³-hybridized carbons (Fsp3) is 0.0833. The minimum atomic E-state index is -0.565. The van der Waals surface area contributed by atoms with E-state index in [9.17, 15) is 9.18 Å². The summed E-state index contributed by atoms with van der Waals surface area (Å²) in [5.41, 5.74) is 1.84. The average Bonchev–Trinajstić information content (AvgIpc) is 3.14. The number of aliphatic imine (C=N–C) groups is 1. The molecular weight excluding hydrogens is 501 g/mol. The highest BCUT2D eigenvalue weighted by atomic mass is 79.9. The number of rotatable bonds is 6. The SMILES string of the molecule is COc1cc(/C=C2/N=C(c3ccc(Cl)cc3)OC2=O)cc(Br)c1OCc1ccccc1F. The number of carbonyl (C=O) groups excluding carboxylic acids is 1. The van der Waals surface area contributed by atoms with Crippen LogP contribution in [-0.2, 0) is 16.1 Å². The van der Waals surface area contributed by atoms with Crippen molar-refractivity contribution < 1.29 is 23.4 Å². The number of benzene rings is 3. The molecule has 1 heterocycles. The normalized spacial score (nSPS) is 14.3. The second kappa shape index (κ2) is 9.54. The average molecular weight is 517 g/mol. The molecule has 0 aliphatic carbocycles. The van der Waals surface area contributed by atoms with Crippen molar-refractivity contribution in [2.45, 2.75) is 6.61 Å². The van der Waals surface area contributed by atoms with Gasteiger partial charge in [-0.05, 0) is 70.0 Å². The summed E-state index contributed by atoms with van der Waals surface area (Å²) < 4.78 is 31.0. The lowest BCUT2D eigenvalue weighted by molar-refractivity contribution is -0.129. The number of hydrogen-bond acceptors (Lipinski definition) is 5. The highest BCUT2D eigenvalue weighted by molar-refractivity contribution is 9.10. The van der Waals surface area contributed by atoms with Crippen LogP contribution < -0.4 is 9.47 Å². The quantitative estimate of drug-likeness (QED) is 0.290. The van der Waals surface area contributed by atoms with Gasteiger partial charge in [0.1, 0.15) is 12.4 Å². The van der Waals surface area contributed by atoms with E-state index in [0.717, 1.165) is 0 Å². The Hall–Kier alpha value is -3.16. The molecule has 162 valence electrons. The number of esters is 1. The molecule has 0 atom stereocenters. The lowest BCUT2D eigenvalue weighted by atomic mass is 10.1. The van der Waals surface area contributed by atoms with Gasteiger partial charge in [0.25, 0.3) is 0 Å². The number of halogens is 3. The Morgan fingerprint density at radius 2 is 1.91 bits per heavy atom. The van der Waals surface area contributed by atoms with Gasteiger partial charge in [0.15, 0.2) is 17.2 Å². The van der Waals surface area contributed by atoms with Gasteiger partial charge in [-0.25, -0.2) is 14.2 Å². The Morgan fingerprint density at radius 3 is 2.62 bits per heavy atom. The van der Waals surface area contributed by atoms with Crippen LogP contribution in [-0.4, -0.2) is 19.0 Å². The molecule has 3 aromatic carbocycles. The van der Waals surface area contributed by atoms with Crippen molar-refractivity contribution in [1.29, 1.82) is 0 Å². The highest BCUT2D eigenvalue weighted by Gasteiger charge is 2.24. The third-order valence-corrected chi connectivity index (χ3v) is 5.44. The molecule has 8 heteroatoms. The molecule has 0 amide bonds. The summed E-state index contributed by atoms with van der Waals surface area (Å²) in [6, 6.07) is 16.6. The molecule has 0 saturated heterocycles. The van der Waals surface area contributed by atoms with Crippen molar-refractivity contribution in [2.24, 2.45) is 4.99 Å². The lowest BCUT2D eigenvalue weighted by Crippen LogP contribution is -2.05. The van der Waals surface area contributed by atoms with Gasteiger partial charge >= 0.3 is 5.97 Å². The van der Waals surface area contributed by atoms with Crippen LogP contribution in [0.15, 0.2) is 75.8 Å². The summed E-state index contributed by atoms with van der Waals surface area (Å²) in [6.45, 7) is 0.0309. The van der Waals surface area contributed by atoms with E-state index in [1.54, 1.807) is 60.7 Å².